The van der Waals surface area contributed by atoms with Crippen LogP contribution in [0.1, 0.15) is 35.9 Å². The quantitative estimate of drug-likeness (QED) is 0.516. The molecule has 0 saturated carbocycles. The molecule has 8 heteroatoms. The molecule has 7 nitrogen and oxygen atoms in total. The molecule has 4 aromatic rings. The van der Waals surface area contributed by atoms with Gasteiger partial charge in [0.25, 0.3) is 5.91 Å². The number of nitrogens with one attached hydrogen (secondary N) is 1. The number of carbonyl (C=O) groups is 1. The number of nitrogens with zero attached hydrogens (tertiary/aromatic N) is 2. The van der Waals surface area contributed by atoms with Gasteiger partial charge in [0, 0.05) is 16.7 Å². The van der Waals surface area contributed by atoms with E-state index in [1.165, 1.54) is 17.7 Å². The first-order valence-electron chi connectivity index (χ1n) is 8.90. The zero-order valence-corrected chi connectivity index (χ0v) is 16.4. The molecule has 4 rings (SSSR count). The highest BCUT2D eigenvalue weighted by molar-refractivity contribution is 6.31. The molecule has 0 saturated heterocycles. The van der Waals surface area contributed by atoms with E-state index in [2.05, 4.69) is 29.5 Å². The summed E-state index contributed by atoms with van der Waals surface area (Å²) in [4.78, 5) is 24.9. The monoisotopic (exact) mass is 409 g/mol. The van der Waals surface area contributed by atoms with Gasteiger partial charge in [-0.1, -0.05) is 49.7 Å². The smallest absolute Gasteiger partial charge is 0.292 e. The number of amides is 1. The number of hydrogen-bond acceptors (Lipinski definition) is 6. The zero-order chi connectivity index (χ0) is 20.5. The van der Waals surface area contributed by atoms with Crippen molar-refractivity contribution in [1.29, 1.82) is 0 Å². The molecule has 1 N–H and O–H groups in total. The first kappa shape index (κ1) is 18.9. The van der Waals surface area contributed by atoms with Crippen molar-refractivity contribution < 1.29 is 13.8 Å². The highest BCUT2D eigenvalue weighted by Gasteiger charge is 2.19. The van der Waals surface area contributed by atoms with Gasteiger partial charge < -0.3 is 4.42 Å². The van der Waals surface area contributed by atoms with Gasteiger partial charge in [0.15, 0.2) is 16.9 Å². The topological polar surface area (TPSA) is 98.2 Å². The van der Waals surface area contributed by atoms with Crippen LogP contribution in [0.25, 0.3) is 22.2 Å². The van der Waals surface area contributed by atoms with E-state index in [-0.39, 0.29) is 22.6 Å². The van der Waals surface area contributed by atoms with Crippen LogP contribution in [0.4, 0.5) is 5.82 Å². The normalized spacial score (nSPS) is 11.2. The fourth-order valence-electron chi connectivity index (χ4n) is 2.90. The molecule has 0 unspecified atom stereocenters. The first-order chi connectivity index (χ1) is 13.9. The molecule has 0 aliphatic carbocycles. The summed E-state index contributed by atoms with van der Waals surface area (Å²) in [5.41, 5.74) is 2.18. The molecule has 29 heavy (non-hydrogen) atoms. The van der Waals surface area contributed by atoms with Crippen LogP contribution in [-0.2, 0) is 0 Å². The second-order valence-electron chi connectivity index (χ2n) is 6.81. The Morgan fingerprint density at radius 2 is 1.83 bits per heavy atom. The van der Waals surface area contributed by atoms with Crippen LogP contribution in [0.15, 0.2) is 62.4 Å². The molecule has 0 fully saturated rings. The van der Waals surface area contributed by atoms with Crippen molar-refractivity contribution in [3.8, 4) is 11.3 Å². The number of aromatic nitrogens is 2. The van der Waals surface area contributed by atoms with E-state index >= 15 is 0 Å². The van der Waals surface area contributed by atoms with Crippen LogP contribution >= 0.6 is 11.6 Å². The summed E-state index contributed by atoms with van der Waals surface area (Å²) in [7, 11) is 0. The van der Waals surface area contributed by atoms with Crippen molar-refractivity contribution in [2.24, 2.45) is 0 Å². The Morgan fingerprint density at radius 1 is 1.07 bits per heavy atom. The molecule has 0 aliphatic rings. The lowest BCUT2D eigenvalue weighted by Crippen LogP contribution is -2.15. The van der Waals surface area contributed by atoms with Crippen LogP contribution in [0.2, 0.25) is 5.02 Å². The number of anilines is 1. The summed E-state index contributed by atoms with van der Waals surface area (Å²) in [5.74, 6) is -0.279. The van der Waals surface area contributed by atoms with Crippen LogP contribution < -0.4 is 10.7 Å². The summed E-state index contributed by atoms with van der Waals surface area (Å²) >= 11 is 5.90. The van der Waals surface area contributed by atoms with Gasteiger partial charge in [-0.2, -0.15) is 0 Å². The lowest BCUT2D eigenvalue weighted by atomic mass is 10.0. The largest absolute Gasteiger partial charge is 0.451 e. The van der Waals surface area contributed by atoms with Gasteiger partial charge in [-0.05, 0) is 40.0 Å². The third-order valence-corrected chi connectivity index (χ3v) is 4.72. The van der Waals surface area contributed by atoms with Crippen molar-refractivity contribution in [2.45, 2.75) is 19.8 Å². The number of benzene rings is 2. The van der Waals surface area contributed by atoms with Crippen molar-refractivity contribution in [1.82, 2.24) is 10.3 Å². The lowest BCUT2D eigenvalue weighted by Gasteiger charge is -2.06. The number of fused-ring (bicyclic) bond motifs is 1. The fourth-order valence-corrected chi connectivity index (χ4v) is 3.07. The second-order valence-corrected chi connectivity index (χ2v) is 7.24. The molecule has 146 valence electrons. The molecule has 0 aliphatic heterocycles. The fraction of sp³-hybridized carbons (Fsp3) is 0.143. The van der Waals surface area contributed by atoms with Gasteiger partial charge in [-0.3, -0.25) is 14.9 Å². The third-order valence-electron chi connectivity index (χ3n) is 4.48. The summed E-state index contributed by atoms with van der Waals surface area (Å²) < 4.78 is 10.3. The predicted octanol–water partition coefficient (Wildman–Crippen LogP) is 4.87. The van der Waals surface area contributed by atoms with Crippen molar-refractivity contribution in [3.63, 3.8) is 0 Å². The minimum atomic E-state index is -0.644. The molecule has 2 heterocycles. The summed E-state index contributed by atoms with van der Waals surface area (Å²) in [6, 6.07) is 13.4. The van der Waals surface area contributed by atoms with Gasteiger partial charge in [-0.25, -0.2) is 4.63 Å². The lowest BCUT2D eigenvalue weighted by molar-refractivity contribution is 0.0996. The van der Waals surface area contributed by atoms with Gasteiger partial charge in [0.1, 0.15) is 5.58 Å². The van der Waals surface area contributed by atoms with Crippen molar-refractivity contribution >= 4 is 34.3 Å². The highest BCUT2D eigenvalue weighted by atomic mass is 35.5. The molecule has 1 amide bonds. The summed E-state index contributed by atoms with van der Waals surface area (Å²) in [5, 5.41) is 10.9. The van der Waals surface area contributed by atoms with Crippen LogP contribution in [0.3, 0.4) is 0 Å². The average molecular weight is 410 g/mol. The van der Waals surface area contributed by atoms with Crippen LogP contribution in [-0.4, -0.2) is 16.2 Å². The standard InChI is InChI=1S/C21H16ClN3O4/c1-11(2)12-3-5-13(6-4-12)19-20(25-29-24-19)23-21(27)18-10-16(26)15-9-14(22)7-8-17(15)28-18/h3-11H,1-2H3,(H,23,25,27). The Kier molecular flexibility index (Phi) is 4.90. The van der Waals surface area contributed by atoms with Crippen LogP contribution in [0.5, 0.6) is 0 Å². The molecular formula is C21H16ClN3O4. The Labute approximate surface area is 170 Å². The van der Waals surface area contributed by atoms with E-state index in [4.69, 9.17) is 20.6 Å². The van der Waals surface area contributed by atoms with E-state index < -0.39 is 5.91 Å². The SMILES string of the molecule is CC(C)c1ccc(-c2nonc2NC(=O)c2cc(=O)c3cc(Cl)ccc3o2)cc1. The first-order valence-corrected chi connectivity index (χ1v) is 9.28. The third kappa shape index (κ3) is 3.77. The van der Waals surface area contributed by atoms with Crippen molar-refractivity contribution in [3.05, 3.63) is 75.1 Å². The second kappa shape index (κ2) is 7.52. The summed E-state index contributed by atoms with van der Waals surface area (Å²) in [6.07, 6.45) is 0. The maximum absolute atomic E-state index is 12.6. The minimum absolute atomic E-state index is 0.131. The molecule has 0 atom stereocenters. The maximum atomic E-state index is 12.6. The Hall–Kier alpha value is -3.45. The van der Waals surface area contributed by atoms with E-state index in [9.17, 15) is 9.59 Å². The Balaban J connectivity index is 1.63. The zero-order valence-electron chi connectivity index (χ0n) is 15.6. The van der Waals surface area contributed by atoms with E-state index in [0.29, 0.717) is 22.0 Å². The molecule has 2 aromatic heterocycles. The molecule has 0 bridgehead atoms. The Morgan fingerprint density at radius 3 is 2.55 bits per heavy atom. The van der Waals surface area contributed by atoms with Gasteiger partial charge in [-0.15, -0.1) is 0 Å². The molecule has 0 radical (unpaired) electrons. The number of hydrogen-bond donors (Lipinski definition) is 1. The van der Waals surface area contributed by atoms with E-state index in [0.717, 1.165) is 11.6 Å². The number of halogens is 1. The van der Waals surface area contributed by atoms with Crippen molar-refractivity contribution in [2.75, 3.05) is 5.32 Å². The van der Waals surface area contributed by atoms with Gasteiger partial charge in [0.05, 0.1) is 5.39 Å². The highest BCUT2D eigenvalue weighted by Crippen LogP contribution is 2.27. The van der Waals surface area contributed by atoms with E-state index in [1.807, 2.05) is 24.3 Å². The Bertz CT molecular complexity index is 1260. The summed E-state index contributed by atoms with van der Waals surface area (Å²) in [6.45, 7) is 4.20. The molecule has 0 spiro atoms. The predicted molar refractivity (Wildman–Crippen MR) is 109 cm³/mol. The van der Waals surface area contributed by atoms with Gasteiger partial charge >= 0.3 is 0 Å². The average Bonchev–Trinajstić information content (AvgIpc) is 3.16. The van der Waals surface area contributed by atoms with Gasteiger partial charge in [0.2, 0.25) is 5.82 Å². The maximum Gasteiger partial charge on any atom is 0.292 e. The number of carbonyl (C=O) groups excluding carboxylic acids is 1. The molecular weight excluding hydrogens is 394 g/mol. The minimum Gasteiger partial charge on any atom is -0.451 e. The molecule has 2 aromatic carbocycles. The van der Waals surface area contributed by atoms with Crippen LogP contribution in [0, 0.1) is 0 Å². The number of rotatable bonds is 4. The van der Waals surface area contributed by atoms with E-state index in [1.54, 1.807) is 6.07 Å².